The molecule has 0 aliphatic carbocycles. The summed E-state index contributed by atoms with van der Waals surface area (Å²) in [4.78, 5) is 31.8. The molecule has 7 nitrogen and oxygen atoms in total. The first-order chi connectivity index (χ1) is 16.8. The minimum atomic E-state index is -0.819. The number of hydrogen-bond acceptors (Lipinski definition) is 6. The van der Waals surface area contributed by atoms with Gasteiger partial charge in [0.05, 0.1) is 18.2 Å². The van der Waals surface area contributed by atoms with E-state index in [4.69, 9.17) is 4.74 Å². The molecular formula is C28H28N2O5. The number of likely N-dealkylation sites (tertiary alicyclic amines) is 1. The molecule has 1 aliphatic heterocycles. The highest BCUT2D eigenvalue weighted by molar-refractivity contribution is 6.46. The van der Waals surface area contributed by atoms with E-state index in [2.05, 4.69) is 18.8 Å². The first-order valence-electron chi connectivity index (χ1n) is 11.5. The Morgan fingerprint density at radius 1 is 1.06 bits per heavy atom. The average Bonchev–Trinajstić information content (AvgIpc) is 3.09. The number of aromatic nitrogens is 1. The number of aryl methyl sites for hydroxylation is 1. The van der Waals surface area contributed by atoms with Crippen molar-refractivity contribution in [1.29, 1.82) is 0 Å². The molecule has 1 fully saturated rings. The van der Waals surface area contributed by atoms with Crippen LogP contribution in [0.15, 0.2) is 72.6 Å². The van der Waals surface area contributed by atoms with Crippen molar-refractivity contribution >= 4 is 17.4 Å². The van der Waals surface area contributed by atoms with Crippen molar-refractivity contribution < 1.29 is 24.5 Å². The second-order valence-corrected chi connectivity index (χ2v) is 9.06. The number of hydrogen-bond donors (Lipinski definition) is 2. The summed E-state index contributed by atoms with van der Waals surface area (Å²) in [7, 11) is 0. The Morgan fingerprint density at radius 2 is 1.74 bits per heavy atom. The van der Waals surface area contributed by atoms with Crippen LogP contribution in [0.2, 0.25) is 0 Å². The van der Waals surface area contributed by atoms with Crippen molar-refractivity contribution in [1.82, 2.24) is 9.88 Å². The lowest BCUT2D eigenvalue weighted by Crippen LogP contribution is -2.29. The Bertz CT molecular complexity index is 1270. The molecule has 0 bridgehead atoms. The van der Waals surface area contributed by atoms with Gasteiger partial charge in [0.1, 0.15) is 17.3 Å². The summed E-state index contributed by atoms with van der Waals surface area (Å²) < 4.78 is 5.83. The Labute approximate surface area is 204 Å². The number of nitrogens with zero attached hydrogens (tertiary/aromatic N) is 2. The van der Waals surface area contributed by atoms with Gasteiger partial charge in [0.2, 0.25) is 0 Å². The third-order valence-corrected chi connectivity index (χ3v) is 5.87. The van der Waals surface area contributed by atoms with Gasteiger partial charge in [-0.2, -0.15) is 0 Å². The zero-order valence-electron chi connectivity index (χ0n) is 19.9. The van der Waals surface area contributed by atoms with E-state index in [1.165, 1.54) is 17.0 Å². The van der Waals surface area contributed by atoms with Gasteiger partial charge in [0.15, 0.2) is 0 Å². The lowest BCUT2D eigenvalue weighted by atomic mass is 9.94. The van der Waals surface area contributed by atoms with Crippen LogP contribution in [0.4, 0.5) is 0 Å². The molecule has 35 heavy (non-hydrogen) atoms. The molecule has 1 amide bonds. The zero-order valence-corrected chi connectivity index (χ0v) is 19.9. The molecule has 2 heterocycles. The van der Waals surface area contributed by atoms with Crippen LogP contribution >= 0.6 is 0 Å². The fourth-order valence-corrected chi connectivity index (χ4v) is 4.10. The summed E-state index contributed by atoms with van der Waals surface area (Å²) in [5.41, 5.74) is 2.64. The molecule has 1 unspecified atom stereocenters. The normalized spacial score (nSPS) is 17.3. The number of ether oxygens (including phenoxy) is 1. The van der Waals surface area contributed by atoms with Gasteiger partial charge < -0.3 is 19.8 Å². The number of phenolic OH excluding ortho intramolecular Hbond substituents is 1. The maximum absolute atomic E-state index is 13.2. The highest BCUT2D eigenvalue weighted by Gasteiger charge is 2.46. The molecule has 7 heteroatoms. The predicted octanol–water partition coefficient (Wildman–Crippen LogP) is 4.75. The number of pyridine rings is 1. The molecule has 180 valence electrons. The third kappa shape index (κ3) is 5.04. The topological polar surface area (TPSA) is 100.0 Å². The number of ketones is 1. The van der Waals surface area contributed by atoms with E-state index in [9.17, 15) is 19.8 Å². The van der Waals surface area contributed by atoms with Crippen molar-refractivity contribution in [3.05, 3.63) is 94.8 Å². The molecule has 0 saturated carbocycles. The van der Waals surface area contributed by atoms with E-state index in [0.717, 1.165) is 11.1 Å². The summed E-state index contributed by atoms with van der Waals surface area (Å²) in [5, 5.41) is 21.1. The standard InChI is InChI=1S/C28H28N2O5/c1-17(2)16-35-23-9-6-21(14-18(23)3)26(32)24-25(20-4-7-22(31)8-5-20)30(28(34)27(24)33)15-19-10-12-29-13-11-19/h4-14,17,25,31-32H,15-16H2,1-3H3/b26-24-. The van der Waals surface area contributed by atoms with Crippen LogP contribution in [-0.4, -0.2) is 38.4 Å². The molecule has 1 aliphatic rings. The number of benzene rings is 2. The number of carbonyl (C=O) groups excluding carboxylic acids is 2. The van der Waals surface area contributed by atoms with Crippen LogP contribution < -0.4 is 4.74 Å². The van der Waals surface area contributed by atoms with Crippen LogP contribution in [-0.2, 0) is 16.1 Å². The maximum atomic E-state index is 13.2. The van der Waals surface area contributed by atoms with Crippen LogP contribution in [0, 0.1) is 12.8 Å². The van der Waals surface area contributed by atoms with Gasteiger partial charge in [-0.25, -0.2) is 0 Å². The maximum Gasteiger partial charge on any atom is 0.295 e. The lowest BCUT2D eigenvalue weighted by molar-refractivity contribution is -0.140. The van der Waals surface area contributed by atoms with Gasteiger partial charge in [0, 0.05) is 24.5 Å². The van der Waals surface area contributed by atoms with Crippen molar-refractivity contribution in [2.24, 2.45) is 5.92 Å². The molecule has 1 aromatic heterocycles. The number of aliphatic hydroxyl groups is 1. The van der Waals surface area contributed by atoms with Gasteiger partial charge in [-0.05, 0) is 72.0 Å². The van der Waals surface area contributed by atoms with Gasteiger partial charge in [-0.1, -0.05) is 26.0 Å². The van der Waals surface area contributed by atoms with E-state index in [1.807, 2.05) is 6.92 Å². The number of rotatable bonds is 7. The van der Waals surface area contributed by atoms with E-state index in [1.54, 1.807) is 54.9 Å². The van der Waals surface area contributed by atoms with Gasteiger partial charge in [-0.15, -0.1) is 0 Å². The van der Waals surface area contributed by atoms with Crippen LogP contribution in [0.1, 0.15) is 42.1 Å². The molecule has 2 aromatic carbocycles. The minimum Gasteiger partial charge on any atom is -0.508 e. The lowest BCUT2D eigenvalue weighted by Gasteiger charge is -2.25. The molecule has 0 spiro atoms. The van der Waals surface area contributed by atoms with E-state index < -0.39 is 17.7 Å². The highest BCUT2D eigenvalue weighted by Crippen LogP contribution is 2.41. The minimum absolute atomic E-state index is 0.00462. The molecule has 2 N–H and O–H groups in total. The van der Waals surface area contributed by atoms with Crippen molar-refractivity contribution in [2.45, 2.75) is 33.4 Å². The summed E-state index contributed by atoms with van der Waals surface area (Å²) in [5.74, 6) is -0.584. The first-order valence-corrected chi connectivity index (χ1v) is 11.5. The molecular weight excluding hydrogens is 444 g/mol. The highest BCUT2D eigenvalue weighted by atomic mass is 16.5. The van der Waals surface area contributed by atoms with E-state index >= 15 is 0 Å². The number of carbonyl (C=O) groups is 2. The van der Waals surface area contributed by atoms with Gasteiger partial charge in [0.25, 0.3) is 11.7 Å². The number of aliphatic hydroxyl groups excluding tert-OH is 1. The third-order valence-electron chi connectivity index (χ3n) is 5.87. The van der Waals surface area contributed by atoms with Gasteiger partial charge >= 0.3 is 0 Å². The first kappa shape index (κ1) is 24.0. The number of Topliss-reactive ketones (excluding diaryl/α,β-unsaturated/α-hetero) is 1. The number of aromatic hydroxyl groups is 1. The summed E-state index contributed by atoms with van der Waals surface area (Å²) >= 11 is 0. The summed E-state index contributed by atoms with van der Waals surface area (Å²) in [6.07, 6.45) is 3.24. The Morgan fingerprint density at radius 3 is 2.37 bits per heavy atom. The Hall–Kier alpha value is -4.13. The Balaban J connectivity index is 1.78. The number of phenols is 1. The predicted molar refractivity (Wildman–Crippen MR) is 132 cm³/mol. The van der Waals surface area contributed by atoms with Crippen molar-refractivity contribution in [3.63, 3.8) is 0 Å². The summed E-state index contributed by atoms with van der Waals surface area (Å²) in [6.45, 7) is 6.71. The number of amides is 1. The van der Waals surface area contributed by atoms with E-state index in [0.29, 0.717) is 29.4 Å². The Kier molecular flexibility index (Phi) is 6.87. The van der Waals surface area contributed by atoms with Gasteiger partial charge in [-0.3, -0.25) is 14.6 Å². The largest absolute Gasteiger partial charge is 0.508 e. The molecule has 0 radical (unpaired) electrons. The second-order valence-electron chi connectivity index (χ2n) is 9.06. The fraction of sp³-hybridized carbons (Fsp3) is 0.250. The van der Waals surface area contributed by atoms with Crippen LogP contribution in [0.25, 0.3) is 5.76 Å². The quantitative estimate of drug-likeness (QED) is 0.292. The molecule has 1 atom stereocenters. The monoisotopic (exact) mass is 472 g/mol. The average molecular weight is 473 g/mol. The van der Waals surface area contributed by atoms with Crippen LogP contribution in [0.5, 0.6) is 11.5 Å². The molecule has 4 rings (SSSR count). The van der Waals surface area contributed by atoms with Crippen molar-refractivity contribution in [3.8, 4) is 11.5 Å². The second kappa shape index (κ2) is 10.0. The smallest absolute Gasteiger partial charge is 0.295 e. The van der Waals surface area contributed by atoms with Crippen molar-refractivity contribution in [2.75, 3.05) is 6.61 Å². The zero-order chi connectivity index (χ0) is 25.1. The molecule has 3 aromatic rings. The fourth-order valence-electron chi connectivity index (χ4n) is 4.10. The van der Waals surface area contributed by atoms with Crippen LogP contribution in [0.3, 0.4) is 0 Å². The van der Waals surface area contributed by atoms with E-state index in [-0.39, 0.29) is 23.6 Å². The molecule has 1 saturated heterocycles. The summed E-state index contributed by atoms with van der Waals surface area (Å²) in [6, 6.07) is 14.2. The SMILES string of the molecule is Cc1cc(/C(O)=C2/C(=O)C(=O)N(Cc3ccncc3)C2c2ccc(O)cc2)ccc1OCC(C)C.